The third kappa shape index (κ3) is 1.97. The summed E-state index contributed by atoms with van der Waals surface area (Å²) in [6, 6.07) is 6.21. The van der Waals surface area contributed by atoms with E-state index in [0.717, 1.165) is 17.2 Å². The minimum Gasteiger partial charge on any atom is -0.382 e. The summed E-state index contributed by atoms with van der Waals surface area (Å²) in [5.74, 6) is 0.461. The van der Waals surface area contributed by atoms with Gasteiger partial charge in [-0.15, -0.1) is 0 Å². The second kappa shape index (κ2) is 4.49. The molecule has 0 heterocycles. The van der Waals surface area contributed by atoms with Crippen molar-refractivity contribution in [1.29, 1.82) is 0 Å². The monoisotopic (exact) mass is 286 g/mol. The first-order valence-corrected chi connectivity index (χ1v) is 7.93. The molecule has 2 saturated carbocycles. The van der Waals surface area contributed by atoms with Crippen molar-refractivity contribution >= 4 is 11.6 Å². The summed E-state index contributed by atoms with van der Waals surface area (Å²) in [5, 5.41) is 3.75. The number of hydrogen-bond acceptors (Lipinski definition) is 2. The van der Waals surface area contributed by atoms with Crippen LogP contribution in [0, 0.1) is 23.7 Å². The lowest BCUT2D eigenvalue weighted by molar-refractivity contribution is 0.1000. The van der Waals surface area contributed by atoms with Crippen LogP contribution in [0.2, 0.25) is 0 Å². The molecule has 0 aliphatic heterocycles. The summed E-state index contributed by atoms with van der Waals surface area (Å²) in [5.41, 5.74) is 8.91. The molecule has 1 amide bonds. The van der Waals surface area contributed by atoms with E-state index in [4.69, 9.17) is 5.73 Å². The van der Waals surface area contributed by atoms with Crippen LogP contribution in [-0.2, 0) is 0 Å². The fourth-order valence-electron chi connectivity index (χ4n) is 4.59. The maximum Gasteiger partial charge on any atom is 0.248 e. The number of benzene rings is 1. The lowest BCUT2D eigenvalue weighted by Gasteiger charge is -2.40. The average molecular weight is 286 g/mol. The number of amides is 1. The molecular weight excluding hydrogens is 260 g/mol. The Morgan fingerprint density at radius 3 is 2.52 bits per heavy atom. The van der Waals surface area contributed by atoms with Crippen LogP contribution in [0.5, 0.6) is 0 Å². The highest BCUT2D eigenvalue weighted by Gasteiger charge is 2.61. The van der Waals surface area contributed by atoms with Gasteiger partial charge >= 0.3 is 0 Å². The molecule has 3 unspecified atom stereocenters. The topological polar surface area (TPSA) is 55.1 Å². The van der Waals surface area contributed by atoms with Crippen molar-refractivity contribution in [3.8, 4) is 0 Å². The number of carbonyl (C=O) groups is 1. The summed E-state index contributed by atoms with van der Waals surface area (Å²) in [6.07, 6.45) is 3.92. The molecule has 0 aromatic heterocycles. The Kier molecular flexibility index (Phi) is 3.09. The molecule has 3 heteroatoms. The van der Waals surface area contributed by atoms with E-state index in [9.17, 15) is 4.79 Å². The van der Waals surface area contributed by atoms with Crippen LogP contribution in [0.3, 0.4) is 0 Å². The first-order valence-electron chi connectivity index (χ1n) is 7.93. The van der Waals surface area contributed by atoms with Gasteiger partial charge in [0.05, 0.1) is 0 Å². The van der Waals surface area contributed by atoms with Crippen LogP contribution in [0.15, 0.2) is 18.2 Å². The van der Waals surface area contributed by atoms with Crippen molar-refractivity contribution in [3.05, 3.63) is 29.3 Å². The van der Waals surface area contributed by atoms with Crippen molar-refractivity contribution < 1.29 is 4.79 Å². The molecule has 2 bridgehead atoms. The van der Waals surface area contributed by atoms with Crippen molar-refractivity contribution in [2.24, 2.45) is 22.5 Å². The molecule has 3 rings (SSSR count). The van der Waals surface area contributed by atoms with E-state index in [2.05, 4.69) is 26.1 Å². The first-order chi connectivity index (χ1) is 9.75. The van der Waals surface area contributed by atoms with Crippen LogP contribution in [0.1, 0.15) is 56.0 Å². The van der Waals surface area contributed by atoms with Gasteiger partial charge in [-0.3, -0.25) is 4.79 Å². The van der Waals surface area contributed by atoms with Crippen LogP contribution >= 0.6 is 0 Å². The molecule has 1 aromatic rings. The largest absolute Gasteiger partial charge is 0.382 e. The van der Waals surface area contributed by atoms with Crippen molar-refractivity contribution in [3.63, 3.8) is 0 Å². The number of primary amides is 1. The number of nitrogens with two attached hydrogens (primary N) is 1. The smallest absolute Gasteiger partial charge is 0.248 e. The quantitative estimate of drug-likeness (QED) is 0.889. The molecule has 2 aliphatic rings. The van der Waals surface area contributed by atoms with Gasteiger partial charge in [0.25, 0.3) is 0 Å². The molecule has 3 N–H and O–H groups in total. The van der Waals surface area contributed by atoms with Gasteiger partial charge < -0.3 is 11.1 Å². The van der Waals surface area contributed by atoms with E-state index in [-0.39, 0.29) is 5.91 Å². The summed E-state index contributed by atoms with van der Waals surface area (Å²) < 4.78 is 0. The van der Waals surface area contributed by atoms with Gasteiger partial charge in [-0.1, -0.05) is 20.8 Å². The lowest BCUT2D eigenvalue weighted by Crippen LogP contribution is -2.40. The Morgan fingerprint density at radius 1 is 1.33 bits per heavy atom. The highest BCUT2D eigenvalue weighted by molar-refractivity contribution is 5.93. The molecule has 0 saturated heterocycles. The van der Waals surface area contributed by atoms with Gasteiger partial charge in [-0.25, -0.2) is 0 Å². The maximum absolute atomic E-state index is 11.3. The van der Waals surface area contributed by atoms with Gasteiger partial charge in [0.2, 0.25) is 5.91 Å². The number of hydrogen-bond donors (Lipinski definition) is 2. The van der Waals surface area contributed by atoms with Crippen LogP contribution < -0.4 is 11.1 Å². The predicted octanol–water partition coefficient (Wildman–Crippen LogP) is 3.72. The zero-order valence-corrected chi connectivity index (χ0v) is 13.5. The first kappa shape index (κ1) is 14.4. The Balaban J connectivity index is 1.84. The van der Waals surface area contributed by atoms with Gasteiger partial charge in [-0.05, 0) is 66.7 Å². The highest BCUT2D eigenvalue weighted by Crippen LogP contribution is 2.65. The van der Waals surface area contributed by atoms with E-state index < -0.39 is 0 Å². The van der Waals surface area contributed by atoms with Crippen molar-refractivity contribution in [2.75, 3.05) is 5.32 Å². The summed E-state index contributed by atoms with van der Waals surface area (Å²) in [4.78, 5) is 11.3. The van der Waals surface area contributed by atoms with Crippen LogP contribution in [0.25, 0.3) is 0 Å². The molecule has 0 radical (unpaired) electrons. The number of carbonyl (C=O) groups excluding carboxylic acids is 1. The minimum atomic E-state index is -0.363. The third-order valence-corrected chi connectivity index (χ3v) is 6.63. The van der Waals surface area contributed by atoms with E-state index in [1.54, 1.807) is 0 Å². The van der Waals surface area contributed by atoms with E-state index in [1.165, 1.54) is 19.3 Å². The van der Waals surface area contributed by atoms with E-state index in [0.29, 0.717) is 22.4 Å². The second-order valence-corrected chi connectivity index (χ2v) is 7.70. The zero-order chi connectivity index (χ0) is 15.4. The molecule has 3 atom stereocenters. The fourth-order valence-corrected chi connectivity index (χ4v) is 4.59. The molecule has 0 spiro atoms. The Hall–Kier alpha value is -1.51. The average Bonchev–Trinajstić information content (AvgIpc) is 2.74. The predicted molar refractivity (Wildman–Crippen MR) is 86.3 cm³/mol. The number of aryl methyl sites for hydroxylation is 1. The molecule has 114 valence electrons. The highest BCUT2D eigenvalue weighted by atomic mass is 16.1. The van der Waals surface area contributed by atoms with Crippen molar-refractivity contribution in [2.45, 2.75) is 53.0 Å². The Morgan fingerprint density at radius 2 is 2.05 bits per heavy atom. The standard InChI is InChI=1S/C18H26N2O/c1-11-9-12(16(19)21)5-6-14(11)20-15-10-13-7-8-18(15,4)17(13,2)3/h5-6,9,13,15,20H,7-8,10H2,1-4H3,(H2,19,21). The van der Waals surface area contributed by atoms with E-state index >= 15 is 0 Å². The van der Waals surface area contributed by atoms with Gasteiger partial charge in [0, 0.05) is 17.3 Å². The maximum atomic E-state index is 11.3. The normalized spacial score (nSPS) is 33.1. The molecule has 1 aromatic carbocycles. The Bertz CT molecular complexity index is 593. The fraction of sp³-hybridized carbons (Fsp3) is 0.611. The molecule has 2 fully saturated rings. The Labute approximate surface area is 127 Å². The number of fused-ring (bicyclic) bond motifs is 2. The number of anilines is 1. The van der Waals surface area contributed by atoms with Gasteiger partial charge in [-0.2, -0.15) is 0 Å². The molecular formula is C18H26N2O. The summed E-state index contributed by atoms with van der Waals surface area (Å²) in [6.45, 7) is 9.32. The number of rotatable bonds is 3. The second-order valence-electron chi connectivity index (χ2n) is 7.70. The van der Waals surface area contributed by atoms with Crippen LogP contribution in [0.4, 0.5) is 5.69 Å². The summed E-state index contributed by atoms with van der Waals surface area (Å²) in [7, 11) is 0. The third-order valence-electron chi connectivity index (χ3n) is 6.63. The molecule has 21 heavy (non-hydrogen) atoms. The number of nitrogens with one attached hydrogen (secondary N) is 1. The molecule has 3 nitrogen and oxygen atoms in total. The van der Waals surface area contributed by atoms with Crippen LogP contribution in [-0.4, -0.2) is 11.9 Å². The van der Waals surface area contributed by atoms with Crippen molar-refractivity contribution in [1.82, 2.24) is 0 Å². The van der Waals surface area contributed by atoms with Gasteiger partial charge in [0.15, 0.2) is 0 Å². The summed E-state index contributed by atoms with van der Waals surface area (Å²) >= 11 is 0. The lowest BCUT2D eigenvalue weighted by atomic mass is 9.69. The SMILES string of the molecule is Cc1cc(C(N)=O)ccc1NC1CC2CCC1(C)C2(C)C. The van der Waals surface area contributed by atoms with E-state index in [1.807, 2.05) is 25.1 Å². The van der Waals surface area contributed by atoms with Gasteiger partial charge in [0.1, 0.15) is 0 Å². The zero-order valence-electron chi connectivity index (χ0n) is 13.5. The minimum absolute atomic E-state index is 0.354. The molecule has 2 aliphatic carbocycles.